The third-order valence-corrected chi connectivity index (χ3v) is 14.0. The number of anilines is 2. The Hall–Kier alpha value is -5.32. The molecule has 0 unspecified atom stereocenters. The van der Waals surface area contributed by atoms with Crippen LogP contribution in [0.5, 0.6) is 11.5 Å². The number of benzene rings is 4. The number of ether oxygens (including phenoxy) is 2. The molecule has 0 bridgehead atoms. The minimum Gasteiger partial charge on any atom is -0.490 e. The first-order valence-electron chi connectivity index (χ1n) is 25.1. The maximum Gasteiger partial charge on any atom is 0.308 e. The summed E-state index contributed by atoms with van der Waals surface area (Å²) in [4.78, 5) is 32.7. The molecule has 1 amide bonds. The van der Waals surface area contributed by atoms with Gasteiger partial charge >= 0.3 is 5.97 Å². The van der Waals surface area contributed by atoms with Crippen LogP contribution in [0.3, 0.4) is 0 Å². The first kappa shape index (κ1) is 50.1. The van der Waals surface area contributed by atoms with Crippen LogP contribution in [0.25, 0.3) is 0 Å². The van der Waals surface area contributed by atoms with Crippen molar-refractivity contribution in [1.82, 2.24) is 15.1 Å². The van der Waals surface area contributed by atoms with E-state index in [2.05, 4.69) is 20.0 Å². The Morgan fingerprint density at radius 2 is 1.01 bits per heavy atom. The predicted octanol–water partition coefficient (Wildman–Crippen LogP) is 7.17. The molecule has 6 fully saturated rings. The number of aliphatic hydroxyl groups is 2. The Bertz CT molecular complexity index is 2230. The molecule has 4 aromatic carbocycles. The maximum absolute atomic E-state index is 13.3. The summed E-state index contributed by atoms with van der Waals surface area (Å²) >= 11 is 0. The van der Waals surface area contributed by atoms with E-state index < -0.39 is 18.2 Å². The number of carbonyl (C=O) groups is 2. The quantitative estimate of drug-likeness (QED) is 0.0726. The molecule has 6 atom stereocenters. The molecule has 4 aliphatic heterocycles. The fourth-order valence-electron chi connectivity index (χ4n) is 9.56. The van der Waals surface area contributed by atoms with Gasteiger partial charge in [-0.3, -0.25) is 9.59 Å². The molecule has 6 N–H and O–H groups in total. The van der Waals surface area contributed by atoms with Crippen LogP contribution in [0.1, 0.15) is 89.0 Å². The van der Waals surface area contributed by atoms with E-state index >= 15 is 0 Å². The number of amides is 1. The molecule has 2 saturated carbocycles. The van der Waals surface area contributed by atoms with Crippen LogP contribution in [-0.4, -0.2) is 127 Å². The van der Waals surface area contributed by atoms with Crippen molar-refractivity contribution in [2.75, 3.05) is 75.2 Å². The Kier molecular flexibility index (Phi) is 17.4. The largest absolute Gasteiger partial charge is 0.490 e. The van der Waals surface area contributed by atoms with Gasteiger partial charge in [0.25, 0.3) is 0 Å². The van der Waals surface area contributed by atoms with Crippen molar-refractivity contribution >= 4 is 23.3 Å². The normalized spacial score (nSPS) is 22.2. The molecular formula is C54H72F2N6O7. The van der Waals surface area contributed by atoms with Gasteiger partial charge in [-0.2, -0.15) is 0 Å². The van der Waals surface area contributed by atoms with Gasteiger partial charge in [0.05, 0.1) is 36.2 Å². The van der Waals surface area contributed by atoms with E-state index in [1.54, 1.807) is 24.3 Å². The van der Waals surface area contributed by atoms with Crippen molar-refractivity contribution in [2.45, 2.75) is 101 Å². The van der Waals surface area contributed by atoms with Gasteiger partial charge in [0.1, 0.15) is 29.2 Å². The first-order valence-corrected chi connectivity index (χ1v) is 25.1. The van der Waals surface area contributed by atoms with E-state index in [0.29, 0.717) is 38.3 Å². The first-order chi connectivity index (χ1) is 33.4. The van der Waals surface area contributed by atoms with Gasteiger partial charge in [0.15, 0.2) is 0 Å². The zero-order valence-corrected chi connectivity index (χ0v) is 39.6. The van der Waals surface area contributed by atoms with Crippen molar-refractivity contribution in [1.29, 1.82) is 0 Å². The topological polar surface area (TPSA) is 164 Å². The molecule has 13 nitrogen and oxygen atoms in total. The van der Waals surface area contributed by atoms with Crippen molar-refractivity contribution in [3.05, 3.63) is 120 Å². The minimum atomic E-state index is -0.797. The van der Waals surface area contributed by atoms with E-state index in [1.807, 2.05) is 53.4 Å². The number of carboxylic acids is 1. The van der Waals surface area contributed by atoms with Gasteiger partial charge in [-0.05, 0) is 174 Å². The second-order valence-electron chi connectivity index (χ2n) is 19.6. The van der Waals surface area contributed by atoms with Crippen molar-refractivity contribution < 1.29 is 44.6 Å². The van der Waals surface area contributed by atoms with Crippen molar-refractivity contribution in [2.24, 2.45) is 17.6 Å². The summed E-state index contributed by atoms with van der Waals surface area (Å²) in [7, 11) is 0. The highest BCUT2D eigenvalue weighted by Crippen LogP contribution is 2.31. The van der Waals surface area contributed by atoms with Gasteiger partial charge in [-0.1, -0.05) is 24.3 Å². The van der Waals surface area contributed by atoms with Gasteiger partial charge < -0.3 is 55.4 Å². The minimum absolute atomic E-state index is 0. The summed E-state index contributed by atoms with van der Waals surface area (Å²) in [5.74, 6) is -0.0540. The van der Waals surface area contributed by atoms with Crippen LogP contribution in [0, 0.1) is 23.5 Å². The lowest BCUT2D eigenvalue weighted by atomic mass is 10.00. The number of aliphatic carboxylic acids is 1. The average molecular weight is 955 g/mol. The van der Waals surface area contributed by atoms with Gasteiger partial charge in [-0.25, -0.2) is 8.78 Å². The lowest BCUT2D eigenvalue weighted by Crippen LogP contribution is -2.48. The molecule has 0 radical (unpaired) electrons. The highest BCUT2D eigenvalue weighted by molar-refractivity contribution is 5.80. The van der Waals surface area contributed by atoms with Crippen molar-refractivity contribution in [3.63, 3.8) is 0 Å². The number of hydrogen-bond acceptors (Lipinski definition) is 11. The SMILES string of the molecule is N[C@H](CN1CCCC1)[C@H](O)c1ccc(OC2CC2)cc1.O=C(N[C@H](CN1CCCC1)[C@H](O)c1ccc(OC2CC2)cc1)[C@@H]1CCN(c2ccc(F)cc2)C1.O=C(O)[C@@H]1CCN(c2ccc(F)cc2)C1.[HH]. The highest BCUT2D eigenvalue weighted by atomic mass is 19.1. The fourth-order valence-corrected chi connectivity index (χ4v) is 9.56. The smallest absolute Gasteiger partial charge is 0.308 e. The zero-order chi connectivity index (χ0) is 48.3. The number of carboxylic acid groups (broad SMARTS) is 1. The average Bonchev–Trinajstić information content (AvgIpc) is 3.96. The van der Waals surface area contributed by atoms with Gasteiger partial charge in [-0.15, -0.1) is 0 Å². The number of hydrogen-bond donors (Lipinski definition) is 5. The lowest BCUT2D eigenvalue weighted by molar-refractivity contribution is -0.141. The molecule has 2 aliphatic carbocycles. The third-order valence-electron chi connectivity index (χ3n) is 14.0. The standard InChI is InChI=1S/C27H34FN3O3.C16H24N2O2.C11H12FNO2.H2/c28-21-5-7-22(8-6-21)31-16-13-20(17-31)27(33)29-25(18-30-14-1-2-15-30)26(32)19-3-9-23(10-4-19)34-24-11-12-24;17-15(11-18-9-1-2-10-18)16(19)12-3-5-13(6-4-12)20-14-7-8-14;12-9-1-3-10(4-2-9)13-6-5-8(7-13)11(14)15;/h3-10,20,24-26,32H,1-2,11-18H2,(H,29,33);3-6,14-16,19H,1-2,7-11,17H2;1-4,8H,5-7H2,(H,14,15);1H/t20-,25-,26-;15-,16-;8-;/m111./s1. The summed E-state index contributed by atoms with van der Waals surface area (Å²) in [5.41, 5.74) is 9.61. The number of halogens is 2. The summed E-state index contributed by atoms with van der Waals surface area (Å²) in [5, 5.41) is 33.6. The summed E-state index contributed by atoms with van der Waals surface area (Å²) < 4.78 is 37.5. The summed E-state index contributed by atoms with van der Waals surface area (Å²) in [6, 6.07) is 27.3. The molecule has 10 rings (SSSR count). The van der Waals surface area contributed by atoms with E-state index in [-0.39, 0.29) is 42.9 Å². The lowest BCUT2D eigenvalue weighted by Gasteiger charge is -2.30. The number of aliphatic hydroxyl groups excluding tert-OH is 2. The van der Waals surface area contributed by atoms with Crippen LogP contribution < -0.4 is 30.3 Å². The number of nitrogens with two attached hydrogens (primary N) is 1. The molecule has 15 heteroatoms. The van der Waals surface area contributed by atoms with Gasteiger partial charge in [0.2, 0.25) is 5.91 Å². The Morgan fingerprint density at radius 1 is 0.594 bits per heavy atom. The van der Waals surface area contributed by atoms with Crippen LogP contribution in [0.15, 0.2) is 97.1 Å². The third kappa shape index (κ3) is 14.8. The van der Waals surface area contributed by atoms with E-state index in [9.17, 15) is 28.6 Å². The van der Waals surface area contributed by atoms with E-state index in [1.165, 1.54) is 37.1 Å². The monoisotopic (exact) mass is 955 g/mol. The predicted molar refractivity (Wildman–Crippen MR) is 265 cm³/mol. The molecule has 4 aromatic rings. The number of likely N-dealkylation sites (tertiary alicyclic amines) is 2. The molecule has 4 saturated heterocycles. The second kappa shape index (κ2) is 24.0. The number of rotatable bonds is 17. The number of nitrogens with zero attached hydrogens (tertiary/aromatic N) is 4. The number of carbonyl (C=O) groups excluding carboxylic acids is 1. The summed E-state index contributed by atoms with van der Waals surface area (Å²) in [6.07, 6.45) is 10.1. The van der Waals surface area contributed by atoms with Gasteiger partial charge in [0, 0.05) is 58.1 Å². The second-order valence-corrected chi connectivity index (χ2v) is 19.6. The van der Waals surface area contributed by atoms with Crippen LogP contribution in [-0.2, 0) is 9.59 Å². The fraction of sp³-hybridized carbons (Fsp3) is 0.519. The summed E-state index contributed by atoms with van der Waals surface area (Å²) in [6.45, 7) is 8.18. The molecule has 69 heavy (non-hydrogen) atoms. The molecular weight excluding hydrogens is 883 g/mol. The van der Waals surface area contributed by atoms with Crippen LogP contribution in [0.4, 0.5) is 20.2 Å². The maximum atomic E-state index is 13.3. The van der Waals surface area contributed by atoms with E-state index in [0.717, 1.165) is 125 Å². The van der Waals surface area contributed by atoms with Crippen LogP contribution >= 0.6 is 0 Å². The Labute approximate surface area is 406 Å². The van der Waals surface area contributed by atoms with Crippen LogP contribution in [0.2, 0.25) is 0 Å². The highest BCUT2D eigenvalue weighted by Gasteiger charge is 2.34. The Balaban J connectivity index is 0.000000170. The Morgan fingerprint density at radius 3 is 1.45 bits per heavy atom. The number of nitrogens with one attached hydrogen (secondary N) is 1. The molecule has 0 aromatic heterocycles. The molecule has 374 valence electrons. The van der Waals surface area contributed by atoms with E-state index in [4.69, 9.17) is 20.3 Å². The molecule has 6 aliphatic rings. The molecule has 4 heterocycles. The zero-order valence-electron chi connectivity index (χ0n) is 39.6. The van der Waals surface area contributed by atoms with Crippen molar-refractivity contribution in [3.8, 4) is 11.5 Å². The molecule has 0 spiro atoms.